The van der Waals surface area contributed by atoms with Gasteiger partial charge in [-0.05, 0) is 49.8 Å². The van der Waals surface area contributed by atoms with E-state index >= 15 is 0 Å². The molecule has 1 fully saturated rings. The van der Waals surface area contributed by atoms with Crippen molar-refractivity contribution in [2.24, 2.45) is 5.92 Å². The number of nitrogens with zero attached hydrogens (tertiary/aromatic N) is 2. The van der Waals surface area contributed by atoms with Crippen LogP contribution in [0.5, 0.6) is 0 Å². The Kier molecular flexibility index (Phi) is 7.26. The number of ether oxygens (including phenoxy) is 1. The number of esters is 1. The summed E-state index contributed by atoms with van der Waals surface area (Å²) in [4.78, 5) is 39.9. The van der Waals surface area contributed by atoms with Crippen LogP contribution < -0.4 is 14.8 Å². The van der Waals surface area contributed by atoms with Crippen LogP contribution in [-0.4, -0.2) is 41.0 Å². The zero-order valence-electron chi connectivity index (χ0n) is 17.7. The quantitative estimate of drug-likeness (QED) is 0.679. The highest BCUT2D eigenvalue weighted by Gasteiger charge is 2.22. The second-order valence-corrected chi connectivity index (χ2v) is 8.74. The predicted octanol–water partition coefficient (Wildman–Crippen LogP) is 1.65. The van der Waals surface area contributed by atoms with E-state index in [1.54, 1.807) is 6.92 Å². The molecule has 1 aliphatic rings. The fourth-order valence-corrected chi connectivity index (χ4v) is 4.64. The highest BCUT2D eigenvalue weighted by Crippen LogP contribution is 2.15. The summed E-state index contributed by atoms with van der Waals surface area (Å²) >= 11 is 1.20. The first kappa shape index (κ1) is 22.0. The van der Waals surface area contributed by atoms with Crippen LogP contribution in [0.15, 0.2) is 29.1 Å². The van der Waals surface area contributed by atoms with E-state index < -0.39 is 5.97 Å². The summed E-state index contributed by atoms with van der Waals surface area (Å²) in [6.45, 7) is 7.42. The van der Waals surface area contributed by atoms with Gasteiger partial charge in [-0.2, -0.15) is 0 Å². The molecule has 1 aromatic heterocycles. The molecule has 30 heavy (non-hydrogen) atoms. The molecule has 6 nitrogen and oxygen atoms in total. The number of aromatic nitrogens is 1. The minimum atomic E-state index is -0.519. The first-order chi connectivity index (χ1) is 14.4. The topological polar surface area (TPSA) is 68.6 Å². The van der Waals surface area contributed by atoms with Crippen LogP contribution in [0.1, 0.15) is 37.8 Å². The summed E-state index contributed by atoms with van der Waals surface area (Å²) in [5.41, 5.74) is 1.71. The Morgan fingerprint density at radius 3 is 2.77 bits per heavy atom. The van der Waals surface area contributed by atoms with E-state index in [-0.39, 0.29) is 24.6 Å². The van der Waals surface area contributed by atoms with Gasteiger partial charge in [0.25, 0.3) is 5.56 Å². The summed E-state index contributed by atoms with van der Waals surface area (Å²) < 4.78 is 7.32. The number of benzene rings is 1. The van der Waals surface area contributed by atoms with E-state index in [1.165, 1.54) is 22.0 Å². The van der Waals surface area contributed by atoms with Crippen molar-refractivity contribution in [1.82, 2.24) is 9.47 Å². The zero-order valence-corrected chi connectivity index (χ0v) is 18.5. The van der Waals surface area contributed by atoms with Crippen molar-refractivity contribution < 1.29 is 14.3 Å². The highest BCUT2D eigenvalue weighted by atomic mass is 32.1. The van der Waals surface area contributed by atoms with Crippen LogP contribution in [0.3, 0.4) is 0 Å². The molecule has 1 atom stereocenters. The maximum atomic E-state index is 13.1. The van der Waals surface area contributed by atoms with Crippen molar-refractivity contribution in [3.63, 3.8) is 0 Å². The largest absolute Gasteiger partial charge is 0.463 e. The number of aryl methyl sites for hydroxylation is 1. The van der Waals surface area contributed by atoms with Gasteiger partial charge < -0.3 is 9.64 Å². The van der Waals surface area contributed by atoms with Crippen LogP contribution in [0.2, 0.25) is 0 Å². The Morgan fingerprint density at radius 2 is 2.07 bits per heavy atom. The SMILES string of the molecule is CCOC(=O)/C=c1\s/c(=C\c2ccccc2C)c(=O)n1CC(=O)N1CCC[C@H](C)C1. The minimum Gasteiger partial charge on any atom is -0.463 e. The van der Waals surface area contributed by atoms with E-state index in [0.717, 1.165) is 24.0 Å². The van der Waals surface area contributed by atoms with Crippen LogP contribution in [0.4, 0.5) is 0 Å². The molecule has 1 aliphatic heterocycles. The Morgan fingerprint density at radius 1 is 1.30 bits per heavy atom. The van der Waals surface area contributed by atoms with E-state index in [2.05, 4.69) is 6.92 Å². The number of hydrogen-bond donors (Lipinski definition) is 0. The average Bonchev–Trinajstić information content (AvgIpc) is 2.98. The van der Waals surface area contributed by atoms with Gasteiger partial charge in [-0.15, -0.1) is 11.3 Å². The summed E-state index contributed by atoms with van der Waals surface area (Å²) in [5.74, 6) is -0.159. The standard InChI is InChI=1S/C23H28N2O4S/c1-4-29-22(27)13-21-25(15-20(26)24-11-7-8-16(2)14-24)23(28)19(30-21)12-18-10-6-5-9-17(18)3/h5-6,9-10,12-13,16H,4,7-8,11,14-15H2,1-3H3/b19-12-,21-13-/t16-/m0/s1. The molecule has 1 aromatic carbocycles. The van der Waals surface area contributed by atoms with Gasteiger partial charge in [0, 0.05) is 13.1 Å². The van der Waals surface area contributed by atoms with Gasteiger partial charge in [0.2, 0.25) is 5.91 Å². The first-order valence-corrected chi connectivity index (χ1v) is 11.1. The fourth-order valence-electron chi connectivity index (χ4n) is 3.62. The van der Waals surface area contributed by atoms with E-state index in [4.69, 9.17) is 4.74 Å². The van der Waals surface area contributed by atoms with Crippen LogP contribution in [0, 0.1) is 12.8 Å². The molecule has 0 bridgehead atoms. The number of hydrogen-bond acceptors (Lipinski definition) is 5. The third-order valence-corrected chi connectivity index (χ3v) is 6.30. The molecule has 0 spiro atoms. The van der Waals surface area contributed by atoms with Gasteiger partial charge in [0.15, 0.2) is 0 Å². The number of rotatable bonds is 5. The molecule has 0 saturated carbocycles. The zero-order chi connectivity index (χ0) is 21.7. The third kappa shape index (κ3) is 5.27. The Hall–Kier alpha value is -2.67. The van der Waals surface area contributed by atoms with Gasteiger partial charge in [-0.3, -0.25) is 14.2 Å². The lowest BCUT2D eigenvalue weighted by molar-refractivity contribution is -0.136. The molecular weight excluding hydrogens is 400 g/mol. The number of carbonyl (C=O) groups is 2. The number of amides is 1. The molecule has 160 valence electrons. The van der Waals surface area contributed by atoms with E-state index in [1.807, 2.05) is 42.2 Å². The van der Waals surface area contributed by atoms with Gasteiger partial charge in [-0.1, -0.05) is 31.2 Å². The molecule has 0 unspecified atom stereocenters. The predicted molar refractivity (Wildman–Crippen MR) is 119 cm³/mol. The normalized spacial score (nSPS) is 18.0. The number of thiazole rings is 1. The maximum absolute atomic E-state index is 13.1. The molecule has 0 N–H and O–H groups in total. The number of carbonyl (C=O) groups excluding carboxylic acids is 2. The van der Waals surface area contributed by atoms with Crippen LogP contribution in [-0.2, 0) is 20.9 Å². The highest BCUT2D eigenvalue weighted by molar-refractivity contribution is 7.07. The lowest BCUT2D eigenvalue weighted by Gasteiger charge is -2.31. The van der Waals surface area contributed by atoms with Crippen LogP contribution in [0.25, 0.3) is 12.2 Å². The Balaban J connectivity index is 2.03. The Labute approximate surface area is 180 Å². The van der Waals surface area contributed by atoms with E-state index in [9.17, 15) is 14.4 Å². The lowest BCUT2D eigenvalue weighted by Crippen LogP contribution is -2.44. The van der Waals surface area contributed by atoms with Crippen molar-refractivity contribution in [3.8, 4) is 0 Å². The van der Waals surface area contributed by atoms with Gasteiger partial charge >= 0.3 is 5.97 Å². The summed E-state index contributed by atoms with van der Waals surface area (Å²) in [6.07, 6.45) is 5.20. The summed E-state index contributed by atoms with van der Waals surface area (Å²) in [5, 5.41) is 0. The second-order valence-electron chi connectivity index (χ2n) is 7.68. The summed E-state index contributed by atoms with van der Waals surface area (Å²) in [6, 6.07) is 7.77. The fraction of sp³-hybridized carbons (Fsp3) is 0.435. The summed E-state index contributed by atoms with van der Waals surface area (Å²) in [7, 11) is 0. The van der Waals surface area contributed by atoms with Crippen molar-refractivity contribution in [1.29, 1.82) is 0 Å². The molecule has 7 heteroatoms. The van der Waals surface area contributed by atoms with Crippen molar-refractivity contribution in [3.05, 3.63) is 54.9 Å². The molecular formula is C23H28N2O4S. The molecule has 2 heterocycles. The molecule has 2 aromatic rings. The monoisotopic (exact) mass is 428 g/mol. The Bertz CT molecular complexity index is 1100. The smallest absolute Gasteiger partial charge is 0.333 e. The molecule has 0 radical (unpaired) electrons. The average molecular weight is 429 g/mol. The molecule has 0 aliphatic carbocycles. The van der Waals surface area contributed by atoms with Crippen molar-refractivity contribution in [2.75, 3.05) is 19.7 Å². The van der Waals surface area contributed by atoms with Crippen molar-refractivity contribution >= 4 is 35.4 Å². The molecule has 1 saturated heterocycles. The lowest BCUT2D eigenvalue weighted by atomic mass is 10.0. The van der Waals surface area contributed by atoms with Crippen molar-refractivity contribution in [2.45, 2.75) is 40.2 Å². The maximum Gasteiger partial charge on any atom is 0.333 e. The first-order valence-electron chi connectivity index (χ1n) is 10.3. The number of piperidine rings is 1. The van der Waals surface area contributed by atoms with Crippen LogP contribution >= 0.6 is 11.3 Å². The molecule has 1 amide bonds. The van der Waals surface area contributed by atoms with Gasteiger partial charge in [0.05, 0.1) is 17.2 Å². The second kappa shape index (κ2) is 9.89. The molecule has 3 rings (SSSR count). The number of likely N-dealkylation sites (tertiary alicyclic amines) is 1. The minimum absolute atomic E-state index is 0.0745. The van der Waals surface area contributed by atoms with Gasteiger partial charge in [-0.25, -0.2) is 4.79 Å². The van der Waals surface area contributed by atoms with Gasteiger partial charge in [0.1, 0.15) is 11.2 Å². The van der Waals surface area contributed by atoms with E-state index in [0.29, 0.717) is 28.2 Å². The third-order valence-electron chi connectivity index (χ3n) is 5.24.